The molecule has 0 radical (unpaired) electrons. The van der Waals surface area contributed by atoms with E-state index in [2.05, 4.69) is 5.32 Å². The Morgan fingerprint density at radius 3 is 2.62 bits per heavy atom. The molecule has 0 saturated carbocycles. The minimum atomic E-state index is -0.937. The summed E-state index contributed by atoms with van der Waals surface area (Å²) in [4.78, 5) is 22.3. The number of nitrogens with one attached hydrogen (secondary N) is 1. The molecule has 0 bridgehead atoms. The maximum Gasteiger partial charge on any atom is 0.269 e. The second-order valence-corrected chi connectivity index (χ2v) is 5.55. The second kappa shape index (κ2) is 6.77. The van der Waals surface area contributed by atoms with Crippen LogP contribution in [0.3, 0.4) is 0 Å². The summed E-state index contributed by atoms with van der Waals surface area (Å²) < 4.78 is 5.31. The van der Waals surface area contributed by atoms with Crippen molar-refractivity contribution in [1.29, 1.82) is 0 Å². The highest BCUT2D eigenvalue weighted by atomic mass is 16.6. The van der Waals surface area contributed by atoms with Gasteiger partial charge in [0.25, 0.3) is 11.6 Å². The van der Waals surface area contributed by atoms with Crippen LogP contribution in [0.1, 0.15) is 33.2 Å². The Morgan fingerprint density at radius 1 is 1.21 bits per heavy atom. The molecule has 1 aliphatic heterocycles. The van der Waals surface area contributed by atoms with Crippen molar-refractivity contribution in [2.45, 2.75) is 19.3 Å². The molecule has 1 atom stereocenters. The Bertz CT molecular complexity index is 773. The van der Waals surface area contributed by atoms with Crippen molar-refractivity contribution in [2.75, 3.05) is 6.54 Å². The van der Waals surface area contributed by atoms with E-state index < -0.39 is 11.0 Å². The lowest BCUT2D eigenvalue weighted by Crippen LogP contribution is -2.28. The zero-order valence-corrected chi connectivity index (χ0v) is 12.8. The van der Waals surface area contributed by atoms with Crippen LogP contribution in [0.5, 0.6) is 0 Å². The summed E-state index contributed by atoms with van der Waals surface area (Å²) >= 11 is 0. The number of amides is 1. The first-order valence-corrected chi connectivity index (χ1v) is 7.45. The molecule has 2 aromatic carbocycles. The van der Waals surface area contributed by atoms with E-state index in [1.165, 1.54) is 24.3 Å². The van der Waals surface area contributed by atoms with Crippen molar-refractivity contribution >= 4 is 11.6 Å². The first-order valence-electron chi connectivity index (χ1n) is 7.45. The summed E-state index contributed by atoms with van der Waals surface area (Å²) in [6.45, 7) is 1.09. The molecule has 2 aromatic rings. The molecule has 7 nitrogen and oxygen atoms in total. The molecule has 0 aliphatic carbocycles. The van der Waals surface area contributed by atoms with Crippen LogP contribution in [0.15, 0.2) is 42.5 Å². The molecule has 1 aliphatic rings. The predicted molar refractivity (Wildman–Crippen MR) is 85.3 cm³/mol. The molecule has 0 spiro atoms. The number of nitro benzene ring substituents is 1. The number of carbonyl (C=O) groups excluding carboxylic acids is 1. The number of aliphatic hydroxyl groups excluding tert-OH is 1. The third-order valence-electron chi connectivity index (χ3n) is 3.93. The van der Waals surface area contributed by atoms with Crippen molar-refractivity contribution in [3.63, 3.8) is 0 Å². The number of hydrogen-bond donors (Lipinski definition) is 2. The van der Waals surface area contributed by atoms with E-state index in [9.17, 15) is 20.0 Å². The molecule has 0 unspecified atom stereocenters. The molecule has 0 aromatic heterocycles. The lowest BCUT2D eigenvalue weighted by atomic mass is 10.1. The van der Waals surface area contributed by atoms with Gasteiger partial charge in [0.2, 0.25) is 0 Å². The lowest BCUT2D eigenvalue weighted by Gasteiger charge is -2.12. The van der Waals surface area contributed by atoms with E-state index in [-0.39, 0.29) is 18.1 Å². The van der Waals surface area contributed by atoms with Gasteiger partial charge in [-0.25, -0.2) is 0 Å². The molecule has 2 N–H and O–H groups in total. The van der Waals surface area contributed by atoms with E-state index in [4.69, 9.17) is 4.74 Å². The molecule has 124 valence electrons. The highest BCUT2D eigenvalue weighted by Crippen LogP contribution is 2.21. The van der Waals surface area contributed by atoms with E-state index >= 15 is 0 Å². The van der Waals surface area contributed by atoms with E-state index in [1.807, 2.05) is 6.07 Å². The summed E-state index contributed by atoms with van der Waals surface area (Å²) in [5.74, 6) is -0.286. The first kappa shape index (κ1) is 16.1. The summed E-state index contributed by atoms with van der Waals surface area (Å²) in [5, 5.41) is 23.4. The van der Waals surface area contributed by atoms with Gasteiger partial charge in [-0.3, -0.25) is 14.9 Å². The zero-order chi connectivity index (χ0) is 17.1. The maximum atomic E-state index is 12.2. The summed E-state index contributed by atoms with van der Waals surface area (Å²) in [6, 6.07) is 11.0. The Hall–Kier alpha value is -2.77. The van der Waals surface area contributed by atoms with Crippen LogP contribution in [0.4, 0.5) is 5.69 Å². The van der Waals surface area contributed by atoms with Gasteiger partial charge in [0, 0.05) is 24.2 Å². The predicted octanol–water partition coefficient (Wildman–Crippen LogP) is 2.09. The molecule has 1 heterocycles. The van der Waals surface area contributed by atoms with Gasteiger partial charge < -0.3 is 15.2 Å². The Labute approximate surface area is 138 Å². The van der Waals surface area contributed by atoms with Crippen LogP contribution in [-0.4, -0.2) is 22.5 Å². The summed E-state index contributed by atoms with van der Waals surface area (Å²) in [7, 11) is 0. The Balaban J connectivity index is 1.60. The van der Waals surface area contributed by atoms with Crippen molar-refractivity contribution < 1.29 is 19.6 Å². The van der Waals surface area contributed by atoms with Gasteiger partial charge in [-0.05, 0) is 41.0 Å². The van der Waals surface area contributed by atoms with Crippen LogP contribution in [0, 0.1) is 10.1 Å². The number of aliphatic hydroxyl groups is 1. The van der Waals surface area contributed by atoms with Gasteiger partial charge in [-0.15, -0.1) is 0 Å². The largest absolute Gasteiger partial charge is 0.387 e. The van der Waals surface area contributed by atoms with Gasteiger partial charge in [-0.2, -0.15) is 0 Å². The topological polar surface area (TPSA) is 102 Å². The fourth-order valence-electron chi connectivity index (χ4n) is 2.54. The molecule has 7 heteroatoms. The van der Waals surface area contributed by atoms with Gasteiger partial charge >= 0.3 is 0 Å². The van der Waals surface area contributed by atoms with E-state index in [0.717, 1.165) is 11.1 Å². The number of nitro groups is 1. The number of benzene rings is 2. The molecule has 0 fully saturated rings. The zero-order valence-electron chi connectivity index (χ0n) is 12.8. The number of nitrogens with zero attached hydrogens (tertiary/aromatic N) is 1. The maximum absolute atomic E-state index is 12.2. The number of fused-ring (bicyclic) bond motifs is 1. The fourth-order valence-corrected chi connectivity index (χ4v) is 2.54. The Kier molecular flexibility index (Phi) is 4.54. The fraction of sp³-hybridized carbons (Fsp3) is 0.235. The highest BCUT2D eigenvalue weighted by Gasteiger charge is 2.16. The van der Waals surface area contributed by atoms with Crippen LogP contribution in [0.25, 0.3) is 0 Å². The van der Waals surface area contributed by atoms with Crippen molar-refractivity contribution in [3.05, 3.63) is 74.8 Å². The molecule has 1 amide bonds. The van der Waals surface area contributed by atoms with Crippen molar-refractivity contribution in [3.8, 4) is 0 Å². The normalized spacial score (nSPS) is 14.0. The van der Waals surface area contributed by atoms with Crippen LogP contribution < -0.4 is 5.32 Å². The smallest absolute Gasteiger partial charge is 0.269 e. The minimum absolute atomic E-state index is 0.0181. The number of hydrogen-bond acceptors (Lipinski definition) is 5. The van der Waals surface area contributed by atoms with Crippen LogP contribution >= 0.6 is 0 Å². The number of ether oxygens (including phenoxy) is 1. The third kappa shape index (κ3) is 3.42. The molecular formula is C17H16N2O5. The number of rotatable bonds is 5. The van der Waals surface area contributed by atoms with Gasteiger partial charge in [0.1, 0.15) is 0 Å². The van der Waals surface area contributed by atoms with Crippen molar-refractivity contribution in [1.82, 2.24) is 5.32 Å². The lowest BCUT2D eigenvalue weighted by molar-refractivity contribution is -0.384. The highest BCUT2D eigenvalue weighted by molar-refractivity contribution is 5.94. The van der Waals surface area contributed by atoms with E-state index in [1.54, 1.807) is 12.1 Å². The van der Waals surface area contributed by atoms with Crippen LogP contribution in [-0.2, 0) is 18.0 Å². The molecule has 24 heavy (non-hydrogen) atoms. The standard InChI is InChI=1S/C17H16N2O5/c20-16(11-3-5-15(6-4-11)19(22)23)8-18-17(21)12-1-2-13-9-24-10-14(13)7-12/h1-7,16,20H,8-10H2,(H,18,21)/t16-/m1/s1. The third-order valence-corrected chi connectivity index (χ3v) is 3.93. The Morgan fingerprint density at radius 2 is 1.92 bits per heavy atom. The molecule has 3 rings (SSSR count). The average molecular weight is 328 g/mol. The SMILES string of the molecule is O=C(NC[C@@H](O)c1ccc([N+](=O)[O-])cc1)c1ccc2c(c1)COC2. The molecular weight excluding hydrogens is 312 g/mol. The van der Waals surface area contributed by atoms with Crippen LogP contribution in [0.2, 0.25) is 0 Å². The number of carbonyl (C=O) groups is 1. The summed E-state index contributed by atoms with van der Waals surface area (Å²) in [5.41, 5.74) is 3.05. The van der Waals surface area contributed by atoms with Gasteiger partial charge in [-0.1, -0.05) is 6.07 Å². The molecule has 0 saturated heterocycles. The first-order chi connectivity index (χ1) is 11.5. The van der Waals surface area contributed by atoms with Crippen molar-refractivity contribution in [2.24, 2.45) is 0 Å². The van der Waals surface area contributed by atoms with Gasteiger partial charge in [0.05, 0.1) is 24.2 Å². The monoisotopic (exact) mass is 328 g/mol. The number of non-ortho nitro benzene ring substituents is 1. The summed E-state index contributed by atoms with van der Waals surface area (Å²) in [6.07, 6.45) is -0.937. The van der Waals surface area contributed by atoms with E-state index in [0.29, 0.717) is 24.3 Å². The average Bonchev–Trinajstić information content (AvgIpc) is 3.07. The minimum Gasteiger partial charge on any atom is -0.387 e. The van der Waals surface area contributed by atoms with Gasteiger partial charge in [0.15, 0.2) is 0 Å². The quantitative estimate of drug-likeness (QED) is 0.646. The second-order valence-electron chi connectivity index (χ2n) is 5.55.